The Bertz CT molecular complexity index is 587. The predicted octanol–water partition coefficient (Wildman–Crippen LogP) is 1.04. The summed E-state index contributed by atoms with van der Waals surface area (Å²) in [5.74, 6) is 2.90. The van der Waals surface area contributed by atoms with Crippen LogP contribution in [0.4, 0.5) is 0 Å². The Morgan fingerprint density at radius 3 is 2.62 bits per heavy atom. The fourth-order valence-electron chi connectivity index (χ4n) is 2.95. The van der Waals surface area contributed by atoms with Crippen molar-refractivity contribution in [1.82, 2.24) is 25.0 Å². The minimum absolute atomic E-state index is 0.00376. The molecule has 0 saturated heterocycles. The van der Waals surface area contributed by atoms with E-state index in [4.69, 9.17) is 0 Å². The Hall–Kier alpha value is -1.57. The average Bonchev–Trinajstić information content (AvgIpc) is 2.83. The Kier molecular flexibility index (Phi) is 6.65. The van der Waals surface area contributed by atoms with Crippen molar-refractivity contribution >= 4 is 23.6 Å². The van der Waals surface area contributed by atoms with Crippen molar-refractivity contribution in [3.63, 3.8) is 0 Å². The second kappa shape index (κ2) is 8.50. The van der Waals surface area contributed by atoms with Gasteiger partial charge in [0, 0.05) is 38.9 Å². The van der Waals surface area contributed by atoms with Crippen molar-refractivity contribution in [2.24, 2.45) is 0 Å². The van der Waals surface area contributed by atoms with Crippen molar-refractivity contribution in [3.8, 4) is 0 Å². The number of nitrogens with one attached hydrogen (secondary N) is 1. The molecule has 2 amide bonds. The number of aromatic nitrogens is 3. The number of thioether (sulfide) groups is 1. The van der Waals surface area contributed by atoms with Gasteiger partial charge < -0.3 is 14.8 Å². The highest BCUT2D eigenvalue weighted by molar-refractivity contribution is 7.98. The minimum atomic E-state index is -0.442. The summed E-state index contributed by atoms with van der Waals surface area (Å²) < 4.78 is 2.13. The summed E-state index contributed by atoms with van der Waals surface area (Å²) in [6.45, 7) is 7.60. The highest BCUT2D eigenvalue weighted by atomic mass is 32.2. The highest BCUT2D eigenvalue weighted by Gasteiger charge is 2.27. The summed E-state index contributed by atoms with van der Waals surface area (Å²) in [6, 6.07) is -0.442. The third-order valence-electron chi connectivity index (χ3n) is 4.17. The number of carbonyl (C=O) groups excluding carboxylic acids is 2. The van der Waals surface area contributed by atoms with Crippen LogP contribution in [0.5, 0.6) is 0 Å². The zero-order valence-electron chi connectivity index (χ0n) is 14.9. The molecule has 1 atom stereocenters. The van der Waals surface area contributed by atoms with Gasteiger partial charge in [-0.1, -0.05) is 13.8 Å². The zero-order chi connectivity index (χ0) is 17.7. The third-order valence-corrected chi connectivity index (χ3v) is 4.81. The van der Waals surface area contributed by atoms with Crippen LogP contribution in [0, 0.1) is 0 Å². The zero-order valence-corrected chi connectivity index (χ0v) is 15.7. The van der Waals surface area contributed by atoms with Gasteiger partial charge in [-0.05, 0) is 18.4 Å². The van der Waals surface area contributed by atoms with Crippen molar-refractivity contribution < 1.29 is 9.59 Å². The second-order valence-corrected chi connectivity index (χ2v) is 7.38. The molecule has 0 bridgehead atoms. The van der Waals surface area contributed by atoms with Crippen LogP contribution in [0.3, 0.4) is 0 Å². The Morgan fingerprint density at radius 1 is 1.25 bits per heavy atom. The van der Waals surface area contributed by atoms with Gasteiger partial charge >= 0.3 is 0 Å². The lowest BCUT2D eigenvalue weighted by atomic mass is 10.2. The van der Waals surface area contributed by atoms with E-state index < -0.39 is 6.04 Å². The fraction of sp³-hybridized carbons (Fsp3) is 0.750. The SMILES string of the molecule is CSCC[C@H](NC(C)=O)C(=O)N1CCc2nnc(C(C)C)n2CC1. The molecule has 1 aliphatic rings. The first-order chi connectivity index (χ1) is 11.4. The highest BCUT2D eigenvalue weighted by Crippen LogP contribution is 2.17. The fourth-order valence-corrected chi connectivity index (χ4v) is 3.42. The predicted molar refractivity (Wildman–Crippen MR) is 95.0 cm³/mol. The molecule has 1 aliphatic heterocycles. The van der Waals surface area contributed by atoms with Crippen LogP contribution in [0.2, 0.25) is 0 Å². The Morgan fingerprint density at radius 2 is 2.00 bits per heavy atom. The summed E-state index contributed by atoms with van der Waals surface area (Å²) in [7, 11) is 0. The average molecular weight is 353 g/mol. The van der Waals surface area contributed by atoms with E-state index in [9.17, 15) is 9.59 Å². The van der Waals surface area contributed by atoms with E-state index in [0.717, 1.165) is 17.4 Å². The molecule has 1 N–H and O–H groups in total. The summed E-state index contributed by atoms with van der Waals surface area (Å²) in [6.07, 6.45) is 3.35. The lowest BCUT2D eigenvalue weighted by Gasteiger charge is -2.26. The van der Waals surface area contributed by atoms with Crippen molar-refractivity contribution in [2.75, 3.05) is 25.1 Å². The van der Waals surface area contributed by atoms with Crippen LogP contribution >= 0.6 is 11.8 Å². The van der Waals surface area contributed by atoms with E-state index in [0.29, 0.717) is 38.4 Å². The monoisotopic (exact) mass is 353 g/mol. The Labute approximate surface area is 147 Å². The Balaban J connectivity index is 2.07. The lowest BCUT2D eigenvalue weighted by Crippen LogP contribution is -2.49. The number of nitrogens with zero attached hydrogens (tertiary/aromatic N) is 4. The van der Waals surface area contributed by atoms with Crippen LogP contribution in [0.1, 0.15) is 44.8 Å². The van der Waals surface area contributed by atoms with E-state index in [1.165, 1.54) is 6.92 Å². The molecule has 0 saturated carbocycles. The third kappa shape index (κ3) is 4.49. The van der Waals surface area contributed by atoms with Crippen LogP contribution in [-0.4, -0.2) is 62.6 Å². The normalized spacial score (nSPS) is 15.8. The summed E-state index contributed by atoms with van der Waals surface area (Å²) in [5.41, 5.74) is 0. The molecule has 8 heteroatoms. The van der Waals surface area contributed by atoms with Crippen LogP contribution in [-0.2, 0) is 22.6 Å². The summed E-state index contributed by atoms with van der Waals surface area (Å²) in [4.78, 5) is 26.1. The molecule has 0 unspecified atom stereocenters. The molecule has 7 nitrogen and oxygen atoms in total. The molecule has 0 aromatic carbocycles. The van der Waals surface area contributed by atoms with Crippen molar-refractivity contribution in [1.29, 1.82) is 0 Å². The second-order valence-electron chi connectivity index (χ2n) is 6.39. The van der Waals surface area contributed by atoms with Gasteiger partial charge in [0.25, 0.3) is 0 Å². The van der Waals surface area contributed by atoms with Gasteiger partial charge in [-0.15, -0.1) is 10.2 Å². The molecule has 1 aromatic heterocycles. The van der Waals surface area contributed by atoms with Gasteiger partial charge in [0.1, 0.15) is 17.7 Å². The standard InChI is InChI=1S/C16H27N5O2S/c1-11(2)15-19-18-14-5-7-20(8-9-21(14)15)16(23)13(6-10-24-4)17-12(3)22/h11,13H,5-10H2,1-4H3,(H,17,22)/t13-/m0/s1. The molecule has 2 heterocycles. The van der Waals surface area contributed by atoms with Crippen LogP contribution < -0.4 is 5.32 Å². The van der Waals surface area contributed by atoms with Crippen molar-refractivity contribution in [2.45, 2.75) is 52.1 Å². The topological polar surface area (TPSA) is 80.1 Å². The molecule has 0 radical (unpaired) electrons. The van der Waals surface area contributed by atoms with E-state index in [1.54, 1.807) is 11.8 Å². The van der Waals surface area contributed by atoms with Gasteiger partial charge in [-0.2, -0.15) is 11.8 Å². The number of hydrogen-bond donors (Lipinski definition) is 1. The number of rotatable bonds is 6. The maximum absolute atomic E-state index is 12.8. The van der Waals surface area contributed by atoms with E-state index in [2.05, 4.69) is 33.9 Å². The first-order valence-electron chi connectivity index (χ1n) is 8.40. The number of carbonyl (C=O) groups is 2. The van der Waals surface area contributed by atoms with Gasteiger partial charge in [0.15, 0.2) is 0 Å². The van der Waals surface area contributed by atoms with Gasteiger partial charge in [0.05, 0.1) is 0 Å². The van der Waals surface area contributed by atoms with E-state index >= 15 is 0 Å². The molecule has 2 rings (SSSR count). The van der Waals surface area contributed by atoms with E-state index in [1.807, 2.05) is 11.2 Å². The van der Waals surface area contributed by atoms with Gasteiger partial charge in [-0.25, -0.2) is 0 Å². The van der Waals surface area contributed by atoms with E-state index in [-0.39, 0.29) is 11.8 Å². The maximum atomic E-state index is 12.8. The molecular formula is C16H27N5O2S. The number of amides is 2. The molecule has 24 heavy (non-hydrogen) atoms. The molecule has 0 fully saturated rings. The lowest BCUT2D eigenvalue weighted by molar-refractivity contribution is -0.136. The minimum Gasteiger partial charge on any atom is -0.345 e. The van der Waals surface area contributed by atoms with Crippen LogP contribution in [0.25, 0.3) is 0 Å². The first-order valence-corrected chi connectivity index (χ1v) is 9.80. The number of hydrogen-bond acceptors (Lipinski definition) is 5. The first kappa shape index (κ1) is 18.8. The maximum Gasteiger partial charge on any atom is 0.245 e. The summed E-state index contributed by atoms with van der Waals surface area (Å²) >= 11 is 1.68. The van der Waals surface area contributed by atoms with Gasteiger partial charge in [-0.3, -0.25) is 9.59 Å². The molecule has 0 spiro atoms. The summed E-state index contributed by atoms with van der Waals surface area (Å²) in [5, 5.41) is 11.3. The molecule has 1 aromatic rings. The smallest absolute Gasteiger partial charge is 0.245 e. The molecule has 134 valence electrons. The van der Waals surface area contributed by atoms with Crippen LogP contribution in [0.15, 0.2) is 0 Å². The quantitative estimate of drug-likeness (QED) is 0.827. The van der Waals surface area contributed by atoms with Crippen molar-refractivity contribution in [3.05, 3.63) is 11.6 Å². The largest absolute Gasteiger partial charge is 0.345 e. The van der Waals surface area contributed by atoms with Gasteiger partial charge in [0.2, 0.25) is 11.8 Å². The molecular weight excluding hydrogens is 326 g/mol. The number of fused-ring (bicyclic) bond motifs is 1. The molecule has 0 aliphatic carbocycles.